The third-order valence-corrected chi connectivity index (χ3v) is 3.14. The van der Waals surface area contributed by atoms with Crippen molar-refractivity contribution < 1.29 is 14.6 Å². The van der Waals surface area contributed by atoms with Crippen LogP contribution in [-0.2, 0) is 4.74 Å². The minimum Gasteiger partial charge on any atom is -0.444 e. The number of ether oxygens (including phenoxy) is 1. The first-order valence-electron chi connectivity index (χ1n) is 6.47. The second kappa shape index (κ2) is 5.71. The Bertz CT molecular complexity index is 258. The van der Waals surface area contributed by atoms with Crippen LogP contribution in [0.15, 0.2) is 0 Å². The van der Waals surface area contributed by atoms with Gasteiger partial charge in [-0.15, -0.1) is 0 Å². The summed E-state index contributed by atoms with van der Waals surface area (Å²) in [5, 5.41) is 12.6. The van der Waals surface area contributed by atoms with Gasteiger partial charge in [0.15, 0.2) is 0 Å². The van der Waals surface area contributed by atoms with Crippen LogP contribution < -0.4 is 5.32 Å². The Kier molecular flexibility index (Phi) is 4.80. The number of nitrogens with one attached hydrogen (secondary N) is 1. The van der Waals surface area contributed by atoms with E-state index in [0.717, 1.165) is 25.7 Å². The number of alkyl carbamates (subject to hydrolysis) is 1. The molecule has 0 aromatic heterocycles. The lowest BCUT2D eigenvalue weighted by molar-refractivity contribution is 0.0368. The highest BCUT2D eigenvalue weighted by atomic mass is 16.6. The van der Waals surface area contributed by atoms with Gasteiger partial charge in [0, 0.05) is 12.0 Å². The van der Waals surface area contributed by atoms with Crippen molar-refractivity contribution in [1.82, 2.24) is 5.32 Å². The van der Waals surface area contributed by atoms with Gasteiger partial charge < -0.3 is 15.2 Å². The average molecular weight is 243 g/mol. The summed E-state index contributed by atoms with van der Waals surface area (Å²) in [6.07, 6.45) is 3.36. The van der Waals surface area contributed by atoms with Crippen molar-refractivity contribution in [2.75, 3.05) is 0 Å². The second-order valence-corrected chi connectivity index (χ2v) is 5.94. The summed E-state index contributed by atoms with van der Waals surface area (Å²) in [5.41, 5.74) is -0.473. The summed E-state index contributed by atoms with van der Waals surface area (Å²) in [7, 11) is 0. The Hall–Kier alpha value is -0.770. The molecule has 1 aliphatic carbocycles. The molecule has 1 aliphatic rings. The molecule has 0 aliphatic heterocycles. The SMILES string of the molecule is CC(O)C1CCCCC1NC(=O)OC(C)(C)C. The highest BCUT2D eigenvalue weighted by Gasteiger charge is 2.30. The van der Waals surface area contributed by atoms with Gasteiger partial charge in [0.25, 0.3) is 0 Å². The zero-order valence-electron chi connectivity index (χ0n) is 11.3. The third-order valence-electron chi connectivity index (χ3n) is 3.14. The van der Waals surface area contributed by atoms with E-state index in [9.17, 15) is 9.90 Å². The van der Waals surface area contributed by atoms with E-state index in [-0.39, 0.29) is 24.2 Å². The van der Waals surface area contributed by atoms with Crippen LogP contribution in [-0.4, -0.2) is 28.9 Å². The van der Waals surface area contributed by atoms with Crippen LogP contribution in [0.25, 0.3) is 0 Å². The summed E-state index contributed by atoms with van der Waals surface area (Å²) in [5.74, 6) is 0.149. The van der Waals surface area contributed by atoms with Crippen molar-refractivity contribution in [2.24, 2.45) is 5.92 Å². The number of carbonyl (C=O) groups excluding carboxylic acids is 1. The summed E-state index contributed by atoms with van der Waals surface area (Å²) in [6, 6.07) is 0.0404. The predicted molar refractivity (Wildman–Crippen MR) is 66.8 cm³/mol. The van der Waals surface area contributed by atoms with E-state index in [4.69, 9.17) is 4.74 Å². The number of rotatable bonds is 2. The first kappa shape index (κ1) is 14.3. The molecule has 0 aromatic rings. The maximum absolute atomic E-state index is 11.7. The van der Waals surface area contributed by atoms with E-state index in [1.807, 2.05) is 20.8 Å². The van der Waals surface area contributed by atoms with Crippen LogP contribution in [0.5, 0.6) is 0 Å². The molecule has 4 nitrogen and oxygen atoms in total. The number of hydrogen-bond acceptors (Lipinski definition) is 3. The van der Waals surface area contributed by atoms with E-state index < -0.39 is 5.60 Å². The van der Waals surface area contributed by atoms with Crippen molar-refractivity contribution in [1.29, 1.82) is 0 Å². The van der Waals surface area contributed by atoms with Crippen molar-refractivity contribution in [3.8, 4) is 0 Å². The maximum Gasteiger partial charge on any atom is 0.407 e. The Balaban J connectivity index is 2.50. The largest absolute Gasteiger partial charge is 0.444 e. The molecule has 1 amide bonds. The Labute approximate surface area is 104 Å². The molecule has 4 heteroatoms. The lowest BCUT2D eigenvalue weighted by Crippen LogP contribution is -2.47. The van der Waals surface area contributed by atoms with Crippen LogP contribution in [0.4, 0.5) is 4.79 Å². The molecule has 0 heterocycles. The smallest absolute Gasteiger partial charge is 0.407 e. The minimum absolute atomic E-state index is 0.0404. The van der Waals surface area contributed by atoms with Gasteiger partial charge in [-0.05, 0) is 40.5 Å². The van der Waals surface area contributed by atoms with Crippen LogP contribution in [0, 0.1) is 5.92 Å². The molecular formula is C13H25NO3. The lowest BCUT2D eigenvalue weighted by Gasteiger charge is -2.34. The first-order chi connectivity index (χ1) is 7.79. The van der Waals surface area contributed by atoms with Crippen molar-refractivity contribution >= 4 is 6.09 Å². The first-order valence-corrected chi connectivity index (χ1v) is 6.47. The normalized spacial score (nSPS) is 27.4. The molecule has 2 N–H and O–H groups in total. The molecule has 0 radical (unpaired) electrons. The highest BCUT2D eigenvalue weighted by molar-refractivity contribution is 5.68. The molecular weight excluding hydrogens is 218 g/mol. The minimum atomic E-state index is -0.473. The van der Waals surface area contributed by atoms with Crippen LogP contribution in [0.1, 0.15) is 53.4 Å². The van der Waals surface area contributed by atoms with Gasteiger partial charge in [-0.3, -0.25) is 0 Å². The zero-order chi connectivity index (χ0) is 13.1. The molecule has 1 fully saturated rings. The Morgan fingerprint density at radius 3 is 2.47 bits per heavy atom. The Morgan fingerprint density at radius 1 is 1.35 bits per heavy atom. The van der Waals surface area contributed by atoms with Gasteiger partial charge in [-0.25, -0.2) is 4.79 Å². The van der Waals surface area contributed by atoms with E-state index in [2.05, 4.69) is 5.32 Å². The molecule has 0 spiro atoms. The van der Waals surface area contributed by atoms with Gasteiger partial charge in [-0.1, -0.05) is 12.8 Å². The molecule has 0 bridgehead atoms. The third kappa shape index (κ3) is 4.94. The van der Waals surface area contributed by atoms with Crippen molar-refractivity contribution in [3.05, 3.63) is 0 Å². The average Bonchev–Trinajstić information content (AvgIpc) is 2.14. The molecule has 3 atom stereocenters. The van der Waals surface area contributed by atoms with E-state index in [1.54, 1.807) is 6.92 Å². The van der Waals surface area contributed by atoms with Crippen molar-refractivity contribution in [2.45, 2.75) is 71.1 Å². The topological polar surface area (TPSA) is 58.6 Å². The summed E-state index contributed by atoms with van der Waals surface area (Å²) < 4.78 is 5.24. The standard InChI is InChI=1S/C13H25NO3/c1-9(15)10-7-5-6-8-11(10)14-12(16)17-13(2,3)4/h9-11,15H,5-8H2,1-4H3,(H,14,16). The number of aliphatic hydroxyl groups excluding tert-OH is 1. The van der Waals surface area contributed by atoms with E-state index >= 15 is 0 Å². The van der Waals surface area contributed by atoms with Crippen LogP contribution in [0.2, 0.25) is 0 Å². The van der Waals surface area contributed by atoms with E-state index in [0.29, 0.717) is 0 Å². The van der Waals surface area contributed by atoms with E-state index in [1.165, 1.54) is 0 Å². The molecule has 0 saturated heterocycles. The molecule has 1 rings (SSSR count). The predicted octanol–water partition coefficient (Wildman–Crippen LogP) is 2.45. The Morgan fingerprint density at radius 2 is 1.94 bits per heavy atom. The molecule has 17 heavy (non-hydrogen) atoms. The van der Waals surface area contributed by atoms with Gasteiger partial charge in [0.2, 0.25) is 0 Å². The summed E-state index contributed by atoms with van der Waals surface area (Å²) >= 11 is 0. The van der Waals surface area contributed by atoms with Gasteiger partial charge >= 0.3 is 6.09 Å². The highest BCUT2D eigenvalue weighted by Crippen LogP contribution is 2.27. The quantitative estimate of drug-likeness (QED) is 0.783. The second-order valence-electron chi connectivity index (χ2n) is 5.94. The fourth-order valence-corrected chi connectivity index (χ4v) is 2.38. The molecule has 100 valence electrons. The summed E-state index contributed by atoms with van der Waals surface area (Å²) in [4.78, 5) is 11.7. The number of amides is 1. The molecule has 1 saturated carbocycles. The van der Waals surface area contributed by atoms with Gasteiger partial charge in [0.1, 0.15) is 5.60 Å². The van der Waals surface area contributed by atoms with Gasteiger partial charge in [-0.2, -0.15) is 0 Å². The maximum atomic E-state index is 11.7. The van der Waals surface area contributed by atoms with Crippen molar-refractivity contribution in [3.63, 3.8) is 0 Å². The number of aliphatic hydroxyl groups is 1. The number of hydrogen-bond donors (Lipinski definition) is 2. The monoisotopic (exact) mass is 243 g/mol. The fourth-order valence-electron chi connectivity index (χ4n) is 2.38. The lowest BCUT2D eigenvalue weighted by atomic mass is 9.81. The fraction of sp³-hybridized carbons (Fsp3) is 0.923. The van der Waals surface area contributed by atoms with Gasteiger partial charge in [0.05, 0.1) is 6.10 Å². The summed E-state index contributed by atoms with van der Waals surface area (Å²) in [6.45, 7) is 7.33. The molecule has 3 unspecified atom stereocenters. The van der Waals surface area contributed by atoms with Crippen LogP contribution >= 0.6 is 0 Å². The zero-order valence-corrected chi connectivity index (χ0v) is 11.3. The molecule has 0 aromatic carbocycles. The number of carbonyl (C=O) groups is 1. The van der Waals surface area contributed by atoms with Crippen LogP contribution in [0.3, 0.4) is 0 Å².